The molecule has 264 valence electrons. The van der Waals surface area contributed by atoms with Crippen molar-refractivity contribution in [1.29, 1.82) is 0 Å². The highest BCUT2D eigenvalue weighted by Crippen LogP contribution is 2.34. The van der Waals surface area contributed by atoms with Crippen LogP contribution in [0.3, 0.4) is 0 Å². The molecule has 0 radical (unpaired) electrons. The summed E-state index contributed by atoms with van der Waals surface area (Å²) in [7, 11) is 0. The molecule has 0 aromatic carbocycles. The van der Waals surface area contributed by atoms with Crippen LogP contribution >= 0.6 is 0 Å². The van der Waals surface area contributed by atoms with E-state index in [-0.39, 0.29) is 55.2 Å². The summed E-state index contributed by atoms with van der Waals surface area (Å²) >= 11 is 0. The van der Waals surface area contributed by atoms with Gasteiger partial charge in [0.25, 0.3) is 0 Å². The van der Waals surface area contributed by atoms with Crippen LogP contribution in [0.15, 0.2) is 0 Å². The molecule has 0 aromatic heterocycles. The van der Waals surface area contributed by atoms with E-state index in [1.54, 1.807) is 13.8 Å². The van der Waals surface area contributed by atoms with Gasteiger partial charge in [-0.05, 0) is 32.1 Å². The minimum absolute atomic E-state index is 0.0468. The van der Waals surface area contributed by atoms with Gasteiger partial charge >= 0.3 is 5.97 Å². The first-order valence-electron chi connectivity index (χ1n) is 18.3. The fraction of sp³-hybridized carbons (Fsp3) is 0.919. The zero-order valence-corrected chi connectivity index (χ0v) is 30.6. The van der Waals surface area contributed by atoms with E-state index < -0.39 is 23.3 Å². The van der Waals surface area contributed by atoms with E-state index in [4.69, 9.17) is 14.2 Å². The normalized spacial score (nSPS) is 18.9. The Labute approximate surface area is 276 Å². The average molecular weight is 639 g/mol. The zero-order chi connectivity index (χ0) is 33.9. The second kappa shape index (κ2) is 22.0. The van der Waals surface area contributed by atoms with Gasteiger partial charge in [0.2, 0.25) is 11.8 Å². The Morgan fingerprint density at radius 3 is 1.84 bits per heavy atom. The zero-order valence-electron chi connectivity index (χ0n) is 30.6. The second-order valence-electron chi connectivity index (χ2n) is 15.1. The van der Waals surface area contributed by atoms with Crippen molar-refractivity contribution in [3.05, 3.63) is 0 Å². The Kier molecular flexibility index (Phi) is 20.2. The molecule has 8 heteroatoms. The fourth-order valence-corrected chi connectivity index (χ4v) is 5.80. The molecule has 1 rings (SSSR count). The van der Waals surface area contributed by atoms with Crippen molar-refractivity contribution in [2.75, 3.05) is 19.8 Å². The molecule has 0 spiro atoms. The van der Waals surface area contributed by atoms with Gasteiger partial charge in [-0.3, -0.25) is 14.4 Å². The molecule has 0 aliphatic carbocycles. The average Bonchev–Trinajstić information content (AvgIpc) is 2.96. The van der Waals surface area contributed by atoms with Crippen LogP contribution in [-0.2, 0) is 28.6 Å². The lowest BCUT2D eigenvalue weighted by Crippen LogP contribution is -2.56. The van der Waals surface area contributed by atoms with E-state index in [9.17, 15) is 14.4 Å². The minimum atomic E-state index is -0.840. The molecule has 2 amide bonds. The van der Waals surface area contributed by atoms with Crippen LogP contribution in [0.2, 0.25) is 0 Å². The summed E-state index contributed by atoms with van der Waals surface area (Å²) < 4.78 is 17.1. The van der Waals surface area contributed by atoms with Crippen molar-refractivity contribution in [3.8, 4) is 0 Å². The third-order valence-corrected chi connectivity index (χ3v) is 9.09. The van der Waals surface area contributed by atoms with Gasteiger partial charge in [-0.25, -0.2) is 0 Å². The number of esters is 1. The molecule has 8 nitrogen and oxygen atoms in total. The van der Waals surface area contributed by atoms with Crippen molar-refractivity contribution in [2.24, 2.45) is 23.2 Å². The molecular formula is C37H70N2O6. The van der Waals surface area contributed by atoms with E-state index >= 15 is 0 Å². The van der Waals surface area contributed by atoms with Gasteiger partial charge < -0.3 is 24.8 Å². The van der Waals surface area contributed by atoms with Crippen LogP contribution < -0.4 is 10.6 Å². The van der Waals surface area contributed by atoms with Crippen molar-refractivity contribution < 1.29 is 28.6 Å². The summed E-state index contributed by atoms with van der Waals surface area (Å²) in [5.41, 5.74) is -0.483. The highest BCUT2D eigenvalue weighted by molar-refractivity contribution is 5.82. The first-order valence-corrected chi connectivity index (χ1v) is 18.3. The summed E-state index contributed by atoms with van der Waals surface area (Å²) in [6.07, 6.45) is 17.3. The van der Waals surface area contributed by atoms with Crippen molar-refractivity contribution >= 4 is 17.8 Å². The van der Waals surface area contributed by atoms with E-state index in [0.717, 1.165) is 12.8 Å². The van der Waals surface area contributed by atoms with E-state index in [2.05, 4.69) is 31.4 Å². The topological polar surface area (TPSA) is 103 Å². The van der Waals surface area contributed by atoms with Crippen LogP contribution in [0.5, 0.6) is 0 Å². The van der Waals surface area contributed by atoms with E-state index in [1.165, 1.54) is 77.0 Å². The second-order valence-corrected chi connectivity index (χ2v) is 15.1. The molecule has 1 aliphatic heterocycles. The highest BCUT2D eigenvalue weighted by Gasteiger charge is 2.45. The summed E-state index contributed by atoms with van der Waals surface area (Å²) in [4.78, 5) is 38.6. The Balaban J connectivity index is 2.34. The molecule has 0 bridgehead atoms. The van der Waals surface area contributed by atoms with Gasteiger partial charge in [-0.2, -0.15) is 0 Å². The Bertz CT molecular complexity index is 841. The maximum absolute atomic E-state index is 13.3. The number of ether oxygens (including phenoxy) is 3. The predicted octanol–water partition coefficient (Wildman–Crippen LogP) is 8.11. The van der Waals surface area contributed by atoms with Gasteiger partial charge in [0.05, 0.1) is 19.1 Å². The van der Waals surface area contributed by atoms with Gasteiger partial charge in [0.15, 0.2) is 5.79 Å². The summed E-state index contributed by atoms with van der Waals surface area (Å²) in [5, 5.41) is 5.98. The number of rotatable bonds is 24. The van der Waals surface area contributed by atoms with Crippen LogP contribution in [-0.4, -0.2) is 55.5 Å². The standard InChI is InChI=1S/C37H70N2O6/c1-10-11-12-13-14-15-16-17-18-19-20-21-22-23-30(28(2)3)34(41)39-31(29(4)5)26-43-32(40)24-25-38-35(42)33-36(6,7)27-44-37(8,9)45-33/h28-31,33H,10-27H2,1-9H3,(H,38,42)(H,39,41). The van der Waals surface area contributed by atoms with E-state index in [0.29, 0.717) is 6.61 Å². The minimum Gasteiger partial charge on any atom is -0.463 e. The first kappa shape index (κ1) is 41.4. The van der Waals surface area contributed by atoms with Gasteiger partial charge in [0.1, 0.15) is 12.7 Å². The predicted molar refractivity (Wildman–Crippen MR) is 183 cm³/mol. The number of hydrogen-bond donors (Lipinski definition) is 2. The first-order chi connectivity index (χ1) is 21.2. The Hall–Kier alpha value is -1.67. The Morgan fingerprint density at radius 1 is 0.800 bits per heavy atom. The molecule has 1 fully saturated rings. The summed E-state index contributed by atoms with van der Waals surface area (Å²) in [6, 6.07) is -0.261. The van der Waals surface area contributed by atoms with Gasteiger partial charge in [-0.1, -0.05) is 132 Å². The number of carbonyl (C=O) groups is 3. The lowest BCUT2D eigenvalue weighted by molar-refractivity contribution is -0.304. The smallest absolute Gasteiger partial charge is 0.307 e. The third kappa shape index (κ3) is 17.7. The number of hydrogen-bond acceptors (Lipinski definition) is 6. The van der Waals surface area contributed by atoms with Crippen LogP contribution in [0, 0.1) is 23.2 Å². The molecule has 3 unspecified atom stereocenters. The lowest BCUT2D eigenvalue weighted by Gasteiger charge is -2.44. The molecule has 1 aliphatic rings. The molecule has 1 heterocycles. The van der Waals surface area contributed by atoms with Crippen molar-refractivity contribution in [2.45, 2.75) is 177 Å². The summed E-state index contributed by atoms with van der Waals surface area (Å²) in [5.74, 6) is -1.15. The number of unbranched alkanes of at least 4 members (excludes halogenated alkanes) is 12. The fourth-order valence-electron chi connectivity index (χ4n) is 5.80. The van der Waals surface area contributed by atoms with Crippen LogP contribution in [0.25, 0.3) is 0 Å². The third-order valence-electron chi connectivity index (χ3n) is 9.09. The van der Waals surface area contributed by atoms with Crippen LogP contribution in [0.1, 0.15) is 159 Å². The quantitative estimate of drug-likeness (QED) is 0.0818. The van der Waals surface area contributed by atoms with Crippen molar-refractivity contribution in [3.63, 3.8) is 0 Å². The molecule has 0 saturated carbocycles. The molecule has 2 N–H and O–H groups in total. The highest BCUT2D eigenvalue weighted by atomic mass is 16.7. The molecular weight excluding hydrogens is 568 g/mol. The molecule has 1 saturated heterocycles. The Morgan fingerprint density at radius 2 is 1.33 bits per heavy atom. The lowest BCUT2D eigenvalue weighted by atomic mass is 9.85. The summed E-state index contributed by atoms with van der Waals surface area (Å²) in [6.45, 7) is 18.6. The van der Waals surface area contributed by atoms with Gasteiger partial charge in [0, 0.05) is 17.9 Å². The maximum atomic E-state index is 13.3. The number of carbonyl (C=O) groups excluding carboxylic acids is 3. The van der Waals surface area contributed by atoms with E-state index in [1.807, 2.05) is 27.7 Å². The molecule has 45 heavy (non-hydrogen) atoms. The maximum Gasteiger partial charge on any atom is 0.307 e. The molecule has 3 atom stereocenters. The van der Waals surface area contributed by atoms with Gasteiger partial charge in [-0.15, -0.1) is 0 Å². The number of nitrogens with one attached hydrogen (secondary N) is 2. The SMILES string of the molecule is CCCCCCCCCCCCCCCC(C(=O)NC(COC(=O)CCNC(=O)C1OC(C)(C)OCC1(C)C)C(C)C)C(C)C. The molecule has 0 aromatic rings. The van der Waals surface area contributed by atoms with Crippen LogP contribution in [0.4, 0.5) is 0 Å². The largest absolute Gasteiger partial charge is 0.463 e. The number of amides is 2. The van der Waals surface area contributed by atoms with Crippen molar-refractivity contribution in [1.82, 2.24) is 10.6 Å². The monoisotopic (exact) mass is 639 g/mol.